The van der Waals surface area contributed by atoms with Gasteiger partial charge in [0, 0.05) is 12.3 Å². The van der Waals surface area contributed by atoms with Crippen molar-refractivity contribution >= 4 is 27.3 Å². The highest BCUT2D eigenvalue weighted by Crippen LogP contribution is 2.24. The SMILES string of the molecule is COc1ccc(F)c(NS(=O)(=O)c2c[nH]c(=O)c(Cl)c2)c1. The molecular formula is C12H10ClFN2O4S. The van der Waals surface area contributed by atoms with Gasteiger partial charge in [-0.15, -0.1) is 0 Å². The minimum Gasteiger partial charge on any atom is -0.497 e. The van der Waals surface area contributed by atoms with Gasteiger partial charge in [-0.3, -0.25) is 9.52 Å². The number of H-pyrrole nitrogens is 1. The number of anilines is 1. The Morgan fingerprint density at radius 1 is 1.33 bits per heavy atom. The van der Waals surface area contributed by atoms with E-state index in [4.69, 9.17) is 16.3 Å². The third-order valence-electron chi connectivity index (χ3n) is 2.56. The lowest BCUT2D eigenvalue weighted by atomic mass is 10.3. The molecule has 0 spiro atoms. The summed E-state index contributed by atoms with van der Waals surface area (Å²) >= 11 is 5.57. The number of nitrogens with one attached hydrogen (secondary N) is 2. The number of methoxy groups -OCH3 is 1. The van der Waals surface area contributed by atoms with Crippen LogP contribution in [0.15, 0.2) is 40.2 Å². The van der Waals surface area contributed by atoms with Crippen LogP contribution >= 0.6 is 11.6 Å². The molecule has 0 radical (unpaired) electrons. The molecule has 1 aromatic carbocycles. The van der Waals surface area contributed by atoms with Gasteiger partial charge in [0.2, 0.25) is 0 Å². The summed E-state index contributed by atoms with van der Waals surface area (Å²) in [6, 6.07) is 4.58. The summed E-state index contributed by atoms with van der Waals surface area (Å²) in [6.45, 7) is 0. The topological polar surface area (TPSA) is 88.3 Å². The van der Waals surface area contributed by atoms with Crippen LogP contribution in [0.5, 0.6) is 5.75 Å². The first-order valence-electron chi connectivity index (χ1n) is 5.58. The van der Waals surface area contributed by atoms with Crippen molar-refractivity contribution in [3.63, 3.8) is 0 Å². The lowest BCUT2D eigenvalue weighted by molar-refractivity contribution is 0.414. The average molecular weight is 333 g/mol. The molecule has 112 valence electrons. The minimum absolute atomic E-state index is 0.281. The highest BCUT2D eigenvalue weighted by atomic mass is 35.5. The van der Waals surface area contributed by atoms with E-state index >= 15 is 0 Å². The molecule has 1 heterocycles. The van der Waals surface area contributed by atoms with Crippen molar-refractivity contribution in [2.45, 2.75) is 4.90 Å². The minimum atomic E-state index is -4.10. The summed E-state index contributed by atoms with van der Waals surface area (Å²) in [4.78, 5) is 13.0. The van der Waals surface area contributed by atoms with Gasteiger partial charge >= 0.3 is 0 Å². The predicted molar refractivity (Wildman–Crippen MR) is 75.8 cm³/mol. The zero-order valence-corrected chi connectivity index (χ0v) is 12.3. The monoisotopic (exact) mass is 332 g/mol. The maximum Gasteiger partial charge on any atom is 0.266 e. The van der Waals surface area contributed by atoms with Crippen LogP contribution in [0.4, 0.5) is 10.1 Å². The molecule has 0 amide bonds. The maximum atomic E-state index is 13.6. The van der Waals surface area contributed by atoms with E-state index in [9.17, 15) is 17.6 Å². The smallest absolute Gasteiger partial charge is 0.266 e. The molecule has 6 nitrogen and oxygen atoms in total. The van der Waals surface area contributed by atoms with Gasteiger partial charge in [0.1, 0.15) is 21.5 Å². The number of hydrogen-bond acceptors (Lipinski definition) is 4. The lowest BCUT2D eigenvalue weighted by Crippen LogP contribution is -2.16. The standard InChI is InChI=1S/C12H10ClFN2O4S/c1-20-7-2-3-10(14)11(4-7)16-21(18,19)8-5-9(13)12(17)15-6-8/h2-6,16H,1H3,(H,15,17). The van der Waals surface area contributed by atoms with E-state index in [0.29, 0.717) is 0 Å². The molecule has 0 aliphatic heterocycles. The van der Waals surface area contributed by atoms with Gasteiger partial charge in [-0.05, 0) is 18.2 Å². The summed E-state index contributed by atoms with van der Waals surface area (Å²) in [5.74, 6) is -0.483. The summed E-state index contributed by atoms with van der Waals surface area (Å²) in [6.07, 6.45) is 0.967. The number of rotatable bonds is 4. The van der Waals surface area contributed by atoms with E-state index < -0.39 is 21.4 Å². The van der Waals surface area contributed by atoms with Crippen LogP contribution in [0.1, 0.15) is 0 Å². The molecule has 0 bridgehead atoms. The molecule has 21 heavy (non-hydrogen) atoms. The summed E-state index contributed by atoms with van der Waals surface area (Å²) in [7, 11) is -2.73. The van der Waals surface area contributed by atoms with E-state index in [2.05, 4.69) is 9.71 Å². The fourth-order valence-electron chi connectivity index (χ4n) is 1.51. The molecule has 0 unspecified atom stereocenters. The second-order valence-corrected chi connectivity index (χ2v) is 6.05. The second kappa shape index (κ2) is 5.74. The Hall–Kier alpha value is -2.06. The van der Waals surface area contributed by atoms with E-state index in [-0.39, 0.29) is 21.4 Å². The van der Waals surface area contributed by atoms with Gasteiger partial charge in [0.05, 0.1) is 12.8 Å². The largest absolute Gasteiger partial charge is 0.497 e. The van der Waals surface area contributed by atoms with Crippen LogP contribution < -0.4 is 15.0 Å². The molecule has 0 saturated carbocycles. The molecular weight excluding hydrogens is 323 g/mol. The number of aromatic nitrogens is 1. The van der Waals surface area contributed by atoms with Gasteiger partial charge in [-0.1, -0.05) is 11.6 Å². The molecule has 2 rings (SSSR count). The number of halogens is 2. The van der Waals surface area contributed by atoms with Crippen LogP contribution in [0, 0.1) is 5.82 Å². The van der Waals surface area contributed by atoms with Gasteiger partial charge < -0.3 is 9.72 Å². The Kier molecular flexibility index (Phi) is 4.19. The molecule has 1 aromatic heterocycles. The number of hydrogen-bond donors (Lipinski definition) is 2. The molecule has 0 atom stereocenters. The van der Waals surface area contributed by atoms with E-state index in [1.54, 1.807) is 0 Å². The average Bonchev–Trinajstić information content (AvgIpc) is 2.44. The number of ether oxygens (including phenoxy) is 1. The number of sulfonamides is 1. The van der Waals surface area contributed by atoms with Crippen molar-refractivity contribution in [3.8, 4) is 5.75 Å². The van der Waals surface area contributed by atoms with Crippen LogP contribution in [0.25, 0.3) is 0 Å². The third-order valence-corrected chi connectivity index (χ3v) is 4.19. The van der Waals surface area contributed by atoms with Gasteiger partial charge in [0.15, 0.2) is 0 Å². The molecule has 0 aliphatic rings. The normalized spacial score (nSPS) is 11.2. The fourth-order valence-corrected chi connectivity index (χ4v) is 2.79. The third kappa shape index (κ3) is 3.34. The first kappa shape index (κ1) is 15.3. The van der Waals surface area contributed by atoms with Crippen molar-refractivity contribution in [1.29, 1.82) is 0 Å². The van der Waals surface area contributed by atoms with Crippen LogP contribution in [-0.4, -0.2) is 20.5 Å². The summed E-state index contributed by atoms with van der Waals surface area (Å²) in [5.41, 5.74) is -0.903. The van der Waals surface area contributed by atoms with Crippen molar-refractivity contribution in [2.75, 3.05) is 11.8 Å². The zero-order chi connectivity index (χ0) is 15.6. The van der Waals surface area contributed by atoms with E-state index in [0.717, 1.165) is 18.3 Å². The molecule has 0 fully saturated rings. The number of pyridine rings is 1. The summed E-state index contributed by atoms with van der Waals surface area (Å²) in [5, 5.41) is -0.288. The van der Waals surface area contributed by atoms with Gasteiger partial charge in [0.25, 0.3) is 15.6 Å². The van der Waals surface area contributed by atoms with E-state index in [1.165, 1.54) is 19.2 Å². The Morgan fingerprint density at radius 3 is 2.67 bits per heavy atom. The fraction of sp³-hybridized carbons (Fsp3) is 0.0833. The first-order valence-corrected chi connectivity index (χ1v) is 7.44. The molecule has 9 heteroatoms. The Bertz CT molecular complexity index is 835. The maximum absolute atomic E-state index is 13.6. The quantitative estimate of drug-likeness (QED) is 0.896. The predicted octanol–water partition coefficient (Wildman–Crippen LogP) is 1.98. The van der Waals surface area contributed by atoms with Crippen molar-refractivity contribution in [1.82, 2.24) is 4.98 Å². The van der Waals surface area contributed by atoms with E-state index in [1.807, 2.05) is 0 Å². The zero-order valence-electron chi connectivity index (χ0n) is 10.7. The number of aromatic amines is 1. The molecule has 0 aliphatic carbocycles. The lowest BCUT2D eigenvalue weighted by Gasteiger charge is -2.10. The Morgan fingerprint density at radius 2 is 2.05 bits per heavy atom. The highest BCUT2D eigenvalue weighted by molar-refractivity contribution is 7.92. The first-order chi connectivity index (χ1) is 9.83. The Balaban J connectivity index is 2.41. The molecule has 2 N–H and O–H groups in total. The van der Waals surface area contributed by atoms with Crippen molar-refractivity contribution in [3.05, 3.63) is 51.7 Å². The van der Waals surface area contributed by atoms with Crippen molar-refractivity contribution in [2.24, 2.45) is 0 Å². The second-order valence-electron chi connectivity index (χ2n) is 3.96. The molecule has 2 aromatic rings. The highest BCUT2D eigenvalue weighted by Gasteiger charge is 2.18. The molecule has 0 saturated heterocycles. The van der Waals surface area contributed by atoms with Crippen LogP contribution in [0.2, 0.25) is 5.02 Å². The van der Waals surface area contributed by atoms with Crippen LogP contribution in [0.3, 0.4) is 0 Å². The summed E-state index contributed by atoms with van der Waals surface area (Å²) < 4.78 is 44.8. The van der Waals surface area contributed by atoms with Crippen LogP contribution in [-0.2, 0) is 10.0 Å². The van der Waals surface area contributed by atoms with Crippen molar-refractivity contribution < 1.29 is 17.5 Å². The van der Waals surface area contributed by atoms with Gasteiger partial charge in [-0.25, -0.2) is 12.8 Å². The number of benzene rings is 1. The Labute approximate surface area is 124 Å². The van der Waals surface area contributed by atoms with Gasteiger partial charge in [-0.2, -0.15) is 0 Å².